The maximum Gasteiger partial charge on any atom is 0.160 e. The van der Waals surface area contributed by atoms with E-state index in [0.29, 0.717) is 5.92 Å². The summed E-state index contributed by atoms with van der Waals surface area (Å²) < 4.78 is 0. The van der Waals surface area contributed by atoms with Crippen LogP contribution < -0.4 is 0 Å². The van der Waals surface area contributed by atoms with Crippen LogP contribution in [0.4, 0.5) is 0 Å². The number of hydrogen-bond acceptors (Lipinski definition) is 3. The van der Waals surface area contributed by atoms with Gasteiger partial charge in [-0.15, -0.1) is 0 Å². The van der Waals surface area contributed by atoms with E-state index in [9.17, 15) is 4.79 Å². The SMILES string of the molecule is CC(=O)c1ccccc1-c1ccnc(C2CC2)n1. The van der Waals surface area contributed by atoms with Gasteiger partial charge in [-0.2, -0.15) is 0 Å². The van der Waals surface area contributed by atoms with Gasteiger partial charge in [0.05, 0.1) is 5.69 Å². The minimum absolute atomic E-state index is 0.0668. The summed E-state index contributed by atoms with van der Waals surface area (Å²) in [6.07, 6.45) is 4.14. The van der Waals surface area contributed by atoms with Gasteiger partial charge in [0, 0.05) is 23.2 Å². The number of aromatic nitrogens is 2. The predicted molar refractivity (Wildman–Crippen MR) is 69.4 cm³/mol. The molecule has 0 radical (unpaired) electrons. The number of rotatable bonds is 3. The van der Waals surface area contributed by atoms with E-state index in [1.165, 1.54) is 12.8 Å². The van der Waals surface area contributed by atoms with E-state index in [2.05, 4.69) is 9.97 Å². The maximum atomic E-state index is 11.6. The average Bonchev–Trinajstić information content (AvgIpc) is 3.23. The van der Waals surface area contributed by atoms with E-state index in [4.69, 9.17) is 0 Å². The van der Waals surface area contributed by atoms with Crippen molar-refractivity contribution in [3.8, 4) is 11.3 Å². The first kappa shape index (κ1) is 11.1. The third-order valence-electron chi connectivity index (χ3n) is 3.20. The molecule has 3 nitrogen and oxygen atoms in total. The second-order valence-electron chi connectivity index (χ2n) is 4.68. The smallest absolute Gasteiger partial charge is 0.160 e. The van der Waals surface area contributed by atoms with Crippen molar-refractivity contribution in [1.82, 2.24) is 9.97 Å². The fourth-order valence-corrected chi connectivity index (χ4v) is 2.08. The van der Waals surface area contributed by atoms with Gasteiger partial charge in [0.25, 0.3) is 0 Å². The van der Waals surface area contributed by atoms with Crippen molar-refractivity contribution in [1.29, 1.82) is 0 Å². The summed E-state index contributed by atoms with van der Waals surface area (Å²) in [5.41, 5.74) is 2.46. The molecule has 1 heterocycles. The lowest BCUT2D eigenvalue weighted by Gasteiger charge is -2.07. The minimum Gasteiger partial charge on any atom is -0.294 e. The van der Waals surface area contributed by atoms with Gasteiger partial charge in [0.2, 0.25) is 0 Å². The van der Waals surface area contributed by atoms with E-state index < -0.39 is 0 Å². The van der Waals surface area contributed by atoms with Crippen LogP contribution in [0.25, 0.3) is 11.3 Å². The van der Waals surface area contributed by atoms with E-state index in [1.54, 1.807) is 13.1 Å². The normalized spacial score (nSPS) is 14.5. The topological polar surface area (TPSA) is 42.9 Å². The molecule has 0 atom stereocenters. The third kappa shape index (κ3) is 2.04. The van der Waals surface area contributed by atoms with E-state index >= 15 is 0 Å². The highest BCUT2D eigenvalue weighted by Gasteiger charge is 2.26. The number of Topliss-reactive ketones (excluding diaryl/α,β-unsaturated/α-hetero) is 1. The van der Waals surface area contributed by atoms with Crippen LogP contribution in [0.5, 0.6) is 0 Å². The molecule has 3 rings (SSSR count). The number of hydrogen-bond donors (Lipinski definition) is 0. The fraction of sp³-hybridized carbons (Fsp3) is 0.267. The largest absolute Gasteiger partial charge is 0.294 e. The monoisotopic (exact) mass is 238 g/mol. The summed E-state index contributed by atoms with van der Waals surface area (Å²) in [5, 5.41) is 0. The Morgan fingerprint density at radius 2 is 2.00 bits per heavy atom. The molecule has 0 bridgehead atoms. The van der Waals surface area contributed by atoms with E-state index in [0.717, 1.165) is 22.6 Å². The molecule has 0 aliphatic heterocycles. The summed E-state index contributed by atoms with van der Waals surface area (Å²) in [6, 6.07) is 9.46. The van der Waals surface area contributed by atoms with Crippen molar-refractivity contribution in [3.05, 3.63) is 47.9 Å². The lowest BCUT2D eigenvalue weighted by Crippen LogP contribution is -1.99. The van der Waals surface area contributed by atoms with Crippen LogP contribution >= 0.6 is 0 Å². The Hall–Kier alpha value is -2.03. The Kier molecular flexibility index (Phi) is 2.67. The minimum atomic E-state index is 0.0668. The molecule has 1 aromatic carbocycles. The summed E-state index contributed by atoms with van der Waals surface area (Å²) in [4.78, 5) is 20.5. The second-order valence-corrected chi connectivity index (χ2v) is 4.68. The maximum absolute atomic E-state index is 11.6. The van der Waals surface area contributed by atoms with Crippen LogP contribution in [0.2, 0.25) is 0 Å². The van der Waals surface area contributed by atoms with Gasteiger partial charge < -0.3 is 0 Å². The molecule has 1 saturated carbocycles. The van der Waals surface area contributed by atoms with Crippen LogP contribution in [0.3, 0.4) is 0 Å². The molecule has 0 unspecified atom stereocenters. The van der Waals surface area contributed by atoms with Gasteiger partial charge in [-0.1, -0.05) is 24.3 Å². The standard InChI is InChI=1S/C15H14N2O/c1-10(18)12-4-2-3-5-13(12)14-8-9-16-15(17-14)11-6-7-11/h2-5,8-9,11H,6-7H2,1H3. The molecule has 90 valence electrons. The molecule has 0 amide bonds. The Bertz CT molecular complexity index is 603. The van der Waals surface area contributed by atoms with Crippen molar-refractivity contribution < 1.29 is 4.79 Å². The molecule has 1 aliphatic rings. The second kappa shape index (κ2) is 4.33. The quantitative estimate of drug-likeness (QED) is 0.771. The Balaban J connectivity index is 2.08. The average molecular weight is 238 g/mol. The molecule has 3 heteroatoms. The van der Waals surface area contributed by atoms with Gasteiger partial charge >= 0.3 is 0 Å². The summed E-state index contributed by atoms with van der Waals surface area (Å²) in [7, 11) is 0. The first-order valence-corrected chi connectivity index (χ1v) is 6.19. The summed E-state index contributed by atoms with van der Waals surface area (Å²) in [5.74, 6) is 1.50. The van der Waals surface area contributed by atoms with Gasteiger partial charge in [-0.3, -0.25) is 4.79 Å². The van der Waals surface area contributed by atoms with Crippen LogP contribution in [0, 0.1) is 0 Å². The summed E-state index contributed by atoms with van der Waals surface area (Å²) in [6.45, 7) is 1.59. The first-order chi connectivity index (χ1) is 8.75. The van der Waals surface area contributed by atoms with E-state index in [1.807, 2.05) is 30.3 Å². The zero-order valence-corrected chi connectivity index (χ0v) is 10.3. The van der Waals surface area contributed by atoms with Crippen LogP contribution in [0.15, 0.2) is 36.5 Å². The zero-order chi connectivity index (χ0) is 12.5. The molecule has 0 saturated heterocycles. The van der Waals surface area contributed by atoms with Crippen LogP contribution in [-0.4, -0.2) is 15.8 Å². The third-order valence-corrected chi connectivity index (χ3v) is 3.20. The Labute approximate surface area is 106 Å². The highest BCUT2D eigenvalue weighted by molar-refractivity contribution is 6.00. The van der Waals surface area contributed by atoms with Gasteiger partial charge in [0.1, 0.15) is 5.82 Å². The Morgan fingerprint density at radius 3 is 2.72 bits per heavy atom. The number of carbonyl (C=O) groups excluding carboxylic acids is 1. The van der Waals surface area contributed by atoms with Crippen molar-refractivity contribution in [2.24, 2.45) is 0 Å². The number of ketones is 1. The molecular formula is C15H14N2O. The number of carbonyl (C=O) groups is 1. The van der Waals surface area contributed by atoms with Gasteiger partial charge in [0.15, 0.2) is 5.78 Å². The zero-order valence-electron chi connectivity index (χ0n) is 10.3. The highest BCUT2D eigenvalue weighted by Crippen LogP contribution is 2.38. The number of nitrogens with zero attached hydrogens (tertiary/aromatic N) is 2. The van der Waals surface area contributed by atoms with E-state index in [-0.39, 0.29) is 5.78 Å². The first-order valence-electron chi connectivity index (χ1n) is 6.19. The molecule has 1 aliphatic carbocycles. The Morgan fingerprint density at radius 1 is 1.22 bits per heavy atom. The predicted octanol–water partition coefficient (Wildman–Crippen LogP) is 3.22. The van der Waals surface area contributed by atoms with Crippen molar-refractivity contribution in [2.75, 3.05) is 0 Å². The molecule has 2 aromatic rings. The molecule has 1 aromatic heterocycles. The van der Waals surface area contributed by atoms with Crippen LogP contribution in [-0.2, 0) is 0 Å². The number of benzene rings is 1. The molecule has 18 heavy (non-hydrogen) atoms. The van der Waals surface area contributed by atoms with Crippen LogP contribution in [0.1, 0.15) is 41.9 Å². The fourth-order valence-electron chi connectivity index (χ4n) is 2.08. The molecule has 0 spiro atoms. The van der Waals surface area contributed by atoms with Gasteiger partial charge in [-0.05, 0) is 25.8 Å². The van der Waals surface area contributed by atoms with Crippen molar-refractivity contribution in [2.45, 2.75) is 25.7 Å². The molecule has 1 fully saturated rings. The van der Waals surface area contributed by atoms with Gasteiger partial charge in [-0.25, -0.2) is 9.97 Å². The molecule has 0 N–H and O–H groups in total. The lowest BCUT2D eigenvalue weighted by atomic mass is 10.0. The highest BCUT2D eigenvalue weighted by atomic mass is 16.1. The molecular weight excluding hydrogens is 224 g/mol. The van der Waals surface area contributed by atoms with Crippen molar-refractivity contribution in [3.63, 3.8) is 0 Å². The summed E-state index contributed by atoms with van der Waals surface area (Å²) >= 11 is 0. The lowest BCUT2D eigenvalue weighted by molar-refractivity contribution is 0.101. The van der Waals surface area contributed by atoms with Crippen molar-refractivity contribution >= 4 is 5.78 Å².